The van der Waals surface area contributed by atoms with Crippen LogP contribution in [0.1, 0.15) is 57.8 Å². The van der Waals surface area contributed by atoms with Crippen molar-refractivity contribution in [1.82, 2.24) is 9.97 Å². The van der Waals surface area contributed by atoms with Gasteiger partial charge in [0.15, 0.2) is 0 Å². The zero-order chi connectivity index (χ0) is 25.3. The van der Waals surface area contributed by atoms with Gasteiger partial charge in [0.25, 0.3) is 0 Å². The smallest absolute Gasteiger partial charge is 0.234 e. The van der Waals surface area contributed by atoms with E-state index in [0.717, 1.165) is 42.3 Å². The second-order valence-electron chi connectivity index (χ2n) is 10.1. The fraction of sp³-hybridized carbons (Fsp3) is 0.444. The Bertz CT molecular complexity index is 1280. The number of amides is 1. The summed E-state index contributed by atoms with van der Waals surface area (Å²) >= 11 is 6.12. The standard InChI is InChI=1S/C27H29ClN4O5/c28-19-5-4-6-20(15-19)31-24-22-16-21(7-8-23(22)29-17-30-24)32-25(33)18-9-13-27(14-10-18)36-34-26(35-37-27)11-2-1-3-12-26/h4-8,15-18H,1-3,9-14H2,(H,32,33)(H,29,30,31). The van der Waals surface area contributed by atoms with Crippen molar-refractivity contribution in [2.75, 3.05) is 10.6 Å². The molecule has 10 heteroatoms. The molecule has 1 aliphatic heterocycles. The first kappa shape index (κ1) is 24.5. The molecular weight excluding hydrogens is 496 g/mol. The number of rotatable bonds is 4. The Hall–Kier alpha value is -2.82. The van der Waals surface area contributed by atoms with Crippen LogP contribution in [-0.4, -0.2) is 27.4 Å². The van der Waals surface area contributed by atoms with Gasteiger partial charge in [-0.05, 0) is 62.1 Å². The minimum absolute atomic E-state index is 0.0446. The average molecular weight is 525 g/mol. The fourth-order valence-electron chi connectivity index (χ4n) is 5.26. The summed E-state index contributed by atoms with van der Waals surface area (Å²) in [5.41, 5.74) is 2.25. The number of carbonyl (C=O) groups excluding carboxylic acids is 1. The molecule has 0 radical (unpaired) electrons. The van der Waals surface area contributed by atoms with Crippen LogP contribution < -0.4 is 10.6 Å². The van der Waals surface area contributed by atoms with Gasteiger partial charge < -0.3 is 10.6 Å². The van der Waals surface area contributed by atoms with Crippen LogP contribution in [0, 0.1) is 5.92 Å². The summed E-state index contributed by atoms with van der Waals surface area (Å²) in [4.78, 5) is 44.8. The van der Waals surface area contributed by atoms with Crippen LogP contribution in [0.15, 0.2) is 48.8 Å². The highest BCUT2D eigenvalue weighted by Gasteiger charge is 2.51. The second-order valence-corrected chi connectivity index (χ2v) is 10.5. The summed E-state index contributed by atoms with van der Waals surface area (Å²) in [7, 11) is 0. The van der Waals surface area contributed by atoms with Gasteiger partial charge in [-0.3, -0.25) is 4.79 Å². The maximum Gasteiger partial charge on any atom is 0.234 e. The first-order valence-electron chi connectivity index (χ1n) is 12.8. The van der Waals surface area contributed by atoms with Crippen LogP contribution in [0.4, 0.5) is 17.2 Å². The first-order chi connectivity index (χ1) is 18.0. The summed E-state index contributed by atoms with van der Waals surface area (Å²) in [5.74, 6) is -1.31. The topological polar surface area (TPSA) is 104 Å². The van der Waals surface area contributed by atoms with Crippen molar-refractivity contribution in [2.45, 2.75) is 69.4 Å². The van der Waals surface area contributed by atoms with Crippen molar-refractivity contribution in [3.05, 3.63) is 53.8 Å². The maximum atomic E-state index is 13.1. The molecule has 1 saturated heterocycles. The third-order valence-electron chi connectivity index (χ3n) is 7.41. The zero-order valence-corrected chi connectivity index (χ0v) is 21.1. The van der Waals surface area contributed by atoms with E-state index in [1.54, 1.807) is 0 Å². The molecule has 2 spiro atoms. The van der Waals surface area contributed by atoms with Gasteiger partial charge >= 0.3 is 0 Å². The predicted molar refractivity (Wildman–Crippen MR) is 138 cm³/mol. The molecule has 3 aliphatic rings. The average Bonchev–Trinajstić information content (AvgIpc) is 2.92. The minimum atomic E-state index is -0.944. The summed E-state index contributed by atoms with van der Waals surface area (Å²) < 4.78 is 0. The molecule has 2 N–H and O–H groups in total. The minimum Gasteiger partial charge on any atom is -0.340 e. The van der Waals surface area contributed by atoms with E-state index in [1.807, 2.05) is 42.5 Å². The molecule has 1 amide bonds. The Labute approximate surface area is 219 Å². The lowest BCUT2D eigenvalue weighted by atomic mass is 9.84. The molecule has 37 heavy (non-hydrogen) atoms. The molecule has 0 unspecified atom stereocenters. The van der Waals surface area contributed by atoms with Crippen LogP contribution in [0.5, 0.6) is 0 Å². The molecule has 0 bridgehead atoms. The van der Waals surface area contributed by atoms with Gasteiger partial charge in [0.2, 0.25) is 17.5 Å². The molecule has 2 aliphatic carbocycles. The van der Waals surface area contributed by atoms with Crippen LogP contribution in [0.2, 0.25) is 5.02 Å². The number of nitrogens with one attached hydrogen (secondary N) is 2. The van der Waals surface area contributed by atoms with Gasteiger partial charge in [0.05, 0.1) is 5.52 Å². The summed E-state index contributed by atoms with van der Waals surface area (Å²) in [6.45, 7) is 0. The van der Waals surface area contributed by atoms with Crippen LogP contribution >= 0.6 is 11.6 Å². The predicted octanol–water partition coefficient (Wildman–Crippen LogP) is 6.42. The molecule has 0 atom stereocenters. The molecule has 6 rings (SSSR count). The Morgan fingerprint density at radius 2 is 1.59 bits per heavy atom. The number of fused-ring (bicyclic) bond motifs is 1. The first-order valence-corrected chi connectivity index (χ1v) is 13.2. The highest BCUT2D eigenvalue weighted by molar-refractivity contribution is 6.30. The van der Waals surface area contributed by atoms with Gasteiger partial charge in [-0.1, -0.05) is 24.1 Å². The van der Waals surface area contributed by atoms with E-state index >= 15 is 0 Å². The van der Waals surface area contributed by atoms with Gasteiger partial charge in [-0.15, -0.1) is 0 Å². The number of carbonyl (C=O) groups is 1. The number of hydrogen-bond acceptors (Lipinski definition) is 8. The number of benzene rings is 2. The Morgan fingerprint density at radius 3 is 2.32 bits per heavy atom. The quantitative estimate of drug-likeness (QED) is 0.377. The molecule has 3 aromatic rings. The van der Waals surface area contributed by atoms with Gasteiger partial charge in [0, 0.05) is 53.4 Å². The third-order valence-corrected chi connectivity index (χ3v) is 7.65. The molecule has 2 heterocycles. The van der Waals surface area contributed by atoms with E-state index in [2.05, 4.69) is 20.6 Å². The van der Waals surface area contributed by atoms with Gasteiger partial charge in [-0.25, -0.2) is 9.97 Å². The SMILES string of the molecule is O=C(Nc1ccc2ncnc(Nc3cccc(Cl)c3)c2c1)C1CCC2(CC1)OOC1(CCCCC1)OO2. The molecular formula is C27H29ClN4O5. The highest BCUT2D eigenvalue weighted by Crippen LogP contribution is 2.45. The Balaban J connectivity index is 1.09. The largest absolute Gasteiger partial charge is 0.340 e. The number of aromatic nitrogens is 2. The molecule has 2 aromatic carbocycles. The lowest BCUT2D eigenvalue weighted by Gasteiger charge is -2.46. The zero-order valence-electron chi connectivity index (χ0n) is 20.4. The van der Waals surface area contributed by atoms with Crippen molar-refractivity contribution in [3.8, 4) is 0 Å². The highest BCUT2D eigenvalue weighted by atomic mass is 35.5. The Kier molecular flexibility index (Phi) is 6.73. The van der Waals surface area contributed by atoms with Crippen molar-refractivity contribution < 1.29 is 24.3 Å². The van der Waals surface area contributed by atoms with Gasteiger partial charge in [0.1, 0.15) is 12.1 Å². The van der Waals surface area contributed by atoms with Crippen LogP contribution in [-0.2, 0) is 24.3 Å². The van der Waals surface area contributed by atoms with E-state index in [-0.39, 0.29) is 11.8 Å². The number of hydrogen-bond donors (Lipinski definition) is 2. The summed E-state index contributed by atoms with van der Waals surface area (Å²) in [5, 5.41) is 7.76. The van der Waals surface area contributed by atoms with E-state index in [9.17, 15) is 4.79 Å². The number of halogens is 1. The molecule has 9 nitrogen and oxygen atoms in total. The van der Waals surface area contributed by atoms with Gasteiger partial charge in [-0.2, -0.15) is 19.6 Å². The molecule has 1 aromatic heterocycles. The van der Waals surface area contributed by atoms with E-state index < -0.39 is 11.6 Å². The van der Waals surface area contributed by atoms with E-state index in [0.29, 0.717) is 42.2 Å². The monoisotopic (exact) mass is 524 g/mol. The lowest BCUT2D eigenvalue weighted by molar-refractivity contribution is -0.662. The molecule has 2 saturated carbocycles. The van der Waals surface area contributed by atoms with E-state index in [4.69, 9.17) is 31.2 Å². The molecule has 194 valence electrons. The molecule has 3 fully saturated rings. The maximum absolute atomic E-state index is 13.1. The van der Waals surface area contributed by atoms with E-state index in [1.165, 1.54) is 12.7 Å². The fourth-order valence-corrected chi connectivity index (χ4v) is 5.45. The third kappa shape index (κ3) is 5.28. The summed E-state index contributed by atoms with van der Waals surface area (Å²) in [6, 6.07) is 13.0. The van der Waals surface area contributed by atoms with Crippen LogP contribution in [0.25, 0.3) is 10.9 Å². The second kappa shape index (κ2) is 10.2. The normalized spacial score (nSPS) is 21.2. The summed E-state index contributed by atoms with van der Waals surface area (Å²) in [6.07, 6.45) is 8.49. The number of nitrogens with zero attached hydrogens (tertiary/aromatic N) is 2. The Morgan fingerprint density at radius 1 is 0.865 bits per heavy atom. The van der Waals surface area contributed by atoms with Crippen molar-refractivity contribution in [3.63, 3.8) is 0 Å². The van der Waals surface area contributed by atoms with Crippen molar-refractivity contribution in [1.29, 1.82) is 0 Å². The van der Waals surface area contributed by atoms with Crippen LogP contribution in [0.3, 0.4) is 0 Å². The van der Waals surface area contributed by atoms with Crippen molar-refractivity contribution in [2.24, 2.45) is 5.92 Å². The lowest BCUT2D eigenvalue weighted by Crippen LogP contribution is -2.53. The van der Waals surface area contributed by atoms with Crippen molar-refractivity contribution >= 4 is 45.6 Å². The number of anilines is 3.